The highest BCUT2D eigenvalue weighted by molar-refractivity contribution is 7.80. The first-order chi connectivity index (χ1) is 19.8. The summed E-state index contributed by atoms with van der Waals surface area (Å²) in [5.41, 5.74) is 1.77. The summed E-state index contributed by atoms with van der Waals surface area (Å²) in [4.78, 5) is 29.5. The number of nitrogens with zero attached hydrogens (tertiary/aromatic N) is 2. The normalized spacial score (nSPS) is 13.0. The third-order valence-corrected chi connectivity index (χ3v) is 6.75. The summed E-state index contributed by atoms with van der Waals surface area (Å²) in [6.45, 7) is 9.12. The van der Waals surface area contributed by atoms with Gasteiger partial charge >= 0.3 is 0 Å². The molecule has 0 radical (unpaired) electrons. The van der Waals surface area contributed by atoms with E-state index in [0.29, 0.717) is 85.3 Å². The van der Waals surface area contributed by atoms with Crippen molar-refractivity contribution in [2.45, 2.75) is 20.8 Å². The molecule has 41 heavy (non-hydrogen) atoms. The highest BCUT2D eigenvalue weighted by Gasteiger charge is 2.25. The molecule has 0 saturated carbocycles. The van der Waals surface area contributed by atoms with E-state index >= 15 is 0 Å². The number of rotatable bonds is 10. The Morgan fingerprint density at radius 3 is 2.17 bits per heavy atom. The van der Waals surface area contributed by atoms with E-state index in [2.05, 4.69) is 15.5 Å². The molecule has 218 valence electrons. The Kier molecular flexibility index (Phi) is 10.3. The molecule has 0 atom stereocenters. The molecule has 3 aromatic rings. The summed E-state index contributed by atoms with van der Waals surface area (Å²) in [6, 6.07) is 12.0. The molecule has 1 aliphatic rings. The van der Waals surface area contributed by atoms with Crippen LogP contribution in [0.5, 0.6) is 17.2 Å². The van der Waals surface area contributed by atoms with Crippen LogP contribution >= 0.6 is 23.8 Å². The molecule has 4 rings (SSSR count). The Bertz CT molecular complexity index is 1350. The standard InChI is InChI=1S/C29H33ClN4O6S/c1-4-37-24-16-19(17-25(38-5-2)26(24)39-6-3)27(35)32-29(41)31-20-9-10-22(21(30)18-20)33-11-13-34(14-12-33)28(36)23-8-7-15-40-23/h7-10,15-18H,4-6,11-14H2,1-3H3,(H2,31,32,35,41). The Morgan fingerprint density at radius 2 is 1.61 bits per heavy atom. The van der Waals surface area contributed by atoms with Gasteiger partial charge in [-0.05, 0) is 75.5 Å². The van der Waals surface area contributed by atoms with E-state index in [1.54, 1.807) is 35.2 Å². The average molecular weight is 601 g/mol. The van der Waals surface area contributed by atoms with Crippen molar-refractivity contribution in [2.75, 3.05) is 56.2 Å². The van der Waals surface area contributed by atoms with Crippen LogP contribution in [0.4, 0.5) is 11.4 Å². The van der Waals surface area contributed by atoms with Gasteiger partial charge < -0.3 is 33.7 Å². The quantitative estimate of drug-likeness (QED) is 0.303. The van der Waals surface area contributed by atoms with Gasteiger partial charge in [0, 0.05) is 37.4 Å². The summed E-state index contributed by atoms with van der Waals surface area (Å²) in [6.07, 6.45) is 1.49. The van der Waals surface area contributed by atoms with Gasteiger partial charge in [-0.25, -0.2) is 0 Å². The number of hydrogen-bond donors (Lipinski definition) is 2. The SMILES string of the molecule is CCOc1cc(C(=O)NC(=S)Nc2ccc(N3CCN(C(=O)c4ccco4)CC3)c(Cl)c2)cc(OCC)c1OCC. The predicted octanol–water partition coefficient (Wildman–Crippen LogP) is 5.22. The van der Waals surface area contributed by atoms with Crippen molar-refractivity contribution >= 4 is 52.1 Å². The van der Waals surface area contributed by atoms with Crippen LogP contribution in [-0.4, -0.2) is 67.8 Å². The number of ether oxygens (including phenoxy) is 3. The molecule has 2 amide bonds. The van der Waals surface area contributed by atoms with E-state index in [-0.39, 0.29) is 11.0 Å². The molecular formula is C29H33ClN4O6S. The van der Waals surface area contributed by atoms with Crippen molar-refractivity contribution in [1.29, 1.82) is 0 Å². The summed E-state index contributed by atoms with van der Waals surface area (Å²) in [5.74, 6) is 1.06. The topological polar surface area (TPSA) is 106 Å². The number of nitrogens with one attached hydrogen (secondary N) is 2. The maximum atomic E-state index is 13.0. The Labute approximate surface area is 249 Å². The number of carbonyl (C=O) groups excluding carboxylic acids is 2. The van der Waals surface area contributed by atoms with Crippen molar-refractivity contribution in [3.05, 3.63) is 65.1 Å². The fourth-order valence-electron chi connectivity index (χ4n) is 4.41. The van der Waals surface area contributed by atoms with Gasteiger partial charge in [0.2, 0.25) is 5.75 Å². The summed E-state index contributed by atoms with van der Waals surface area (Å²) in [7, 11) is 0. The minimum Gasteiger partial charge on any atom is -0.490 e. The van der Waals surface area contributed by atoms with Gasteiger partial charge in [0.15, 0.2) is 22.4 Å². The average Bonchev–Trinajstić information content (AvgIpc) is 3.50. The first-order valence-corrected chi connectivity index (χ1v) is 14.2. The molecule has 1 aromatic heterocycles. The Balaban J connectivity index is 1.37. The number of piperazine rings is 1. The molecule has 2 heterocycles. The Morgan fingerprint density at radius 1 is 0.951 bits per heavy atom. The monoisotopic (exact) mass is 600 g/mol. The molecule has 1 aliphatic heterocycles. The molecule has 2 N–H and O–H groups in total. The largest absolute Gasteiger partial charge is 0.490 e. The molecule has 2 aromatic carbocycles. The number of furan rings is 1. The number of halogens is 1. The third kappa shape index (κ3) is 7.42. The summed E-state index contributed by atoms with van der Waals surface area (Å²) < 4.78 is 22.3. The molecule has 1 saturated heterocycles. The number of carbonyl (C=O) groups is 2. The zero-order valence-corrected chi connectivity index (χ0v) is 24.8. The molecule has 0 bridgehead atoms. The zero-order chi connectivity index (χ0) is 29.4. The molecular weight excluding hydrogens is 568 g/mol. The number of thiocarbonyl (C=S) groups is 1. The van der Waals surface area contributed by atoms with Crippen LogP contribution in [0.3, 0.4) is 0 Å². The van der Waals surface area contributed by atoms with Crippen LogP contribution in [0.15, 0.2) is 53.1 Å². The van der Waals surface area contributed by atoms with Gasteiger partial charge in [0.1, 0.15) is 0 Å². The summed E-state index contributed by atoms with van der Waals surface area (Å²) >= 11 is 12.0. The van der Waals surface area contributed by atoms with Crippen molar-refractivity contribution in [3.8, 4) is 17.2 Å². The van der Waals surface area contributed by atoms with E-state index in [0.717, 1.165) is 5.69 Å². The van der Waals surface area contributed by atoms with Crippen molar-refractivity contribution in [1.82, 2.24) is 10.2 Å². The lowest BCUT2D eigenvalue weighted by Gasteiger charge is -2.36. The second-order valence-electron chi connectivity index (χ2n) is 8.93. The number of anilines is 2. The van der Waals surface area contributed by atoms with Crippen LogP contribution in [0, 0.1) is 0 Å². The number of benzene rings is 2. The fourth-order valence-corrected chi connectivity index (χ4v) is 4.92. The van der Waals surface area contributed by atoms with Crippen LogP contribution in [0.25, 0.3) is 0 Å². The van der Waals surface area contributed by atoms with E-state index in [4.69, 9.17) is 42.4 Å². The van der Waals surface area contributed by atoms with E-state index in [1.807, 2.05) is 32.9 Å². The van der Waals surface area contributed by atoms with Gasteiger partial charge in [-0.15, -0.1) is 0 Å². The van der Waals surface area contributed by atoms with Crippen LogP contribution in [0.2, 0.25) is 5.02 Å². The van der Waals surface area contributed by atoms with Crippen molar-refractivity contribution in [2.24, 2.45) is 0 Å². The minimum atomic E-state index is -0.433. The maximum absolute atomic E-state index is 13.0. The molecule has 0 spiro atoms. The predicted molar refractivity (Wildman–Crippen MR) is 162 cm³/mol. The minimum absolute atomic E-state index is 0.105. The van der Waals surface area contributed by atoms with Crippen molar-refractivity contribution in [3.63, 3.8) is 0 Å². The van der Waals surface area contributed by atoms with Gasteiger partial charge in [-0.2, -0.15) is 0 Å². The van der Waals surface area contributed by atoms with Gasteiger partial charge in [0.05, 0.1) is 36.8 Å². The van der Waals surface area contributed by atoms with E-state index in [9.17, 15) is 9.59 Å². The highest BCUT2D eigenvalue weighted by Crippen LogP contribution is 2.39. The number of amides is 2. The smallest absolute Gasteiger partial charge is 0.289 e. The number of hydrogen-bond acceptors (Lipinski definition) is 8. The van der Waals surface area contributed by atoms with Crippen LogP contribution < -0.4 is 29.7 Å². The third-order valence-electron chi connectivity index (χ3n) is 6.24. The highest BCUT2D eigenvalue weighted by atomic mass is 35.5. The molecule has 0 unspecified atom stereocenters. The molecule has 1 fully saturated rings. The van der Waals surface area contributed by atoms with Gasteiger partial charge in [-0.1, -0.05) is 11.6 Å². The lowest BCUT2D eigenvalue weighted by Crippen LogP contribution is -2.48. The first kappa shape index (κ1) is 30.0. The fraction of sp³-hybridized carbons (Fsp3) is 0.345. The first-order valence-electron chi connectivity index (χ1n) is 13.4. The van der Waals surface area contributed by atoms with Crippen LogP contribution in [-0.2, 0) is 0 Å². The summed E-state index contributed by atoms with van der Waals surface area (Å²) in [5, 5.41) is 6.32. The maximum Gasteiger partial charge on any atom is 0.289 e. The van der Waals surface area contributed by atoms with E-state index in [1.165, 1.54) is 6.26 Å². The van der Waals surface area contributed by atoms with Crippen LogP contribution in [0.1, 0.15) is 41.7 Å². The van der Waals surface area contributed by atoms with Crippen molar-refractivity contribution < 1.29 is 28.2 Å². The zero-order valence-electron chi connectivity index (χ0n) is 23.2. The molecule has 10 nitrogen and oxygen atoms in total. The second-order valence-corrected chi connectivity index (χ2v) is 9.75. The van der Waals surface area contributed by atoms with Gasteiger partial charge in [0.25, 0.3) is 11.8 Å². The lowest BCUT2D eigenvalue weighted by atomic mass is 10.1. The van der Waals surface area contributed by atoms with Gasteiger partial charge in [-0.3, -0.25) is 14.9 Å². The van der Waals surface area contributed by atoms with E-state index < -0.39 is 5.91 Å². The second kappa shape index (κ2) is 14.1. The lowest BCUT2D eigenvalue weighted by molar-refractivity contribution is 0.0714. The molecule has 0 aliphatic carbocycles. The Hall–Kier alpha value is -3.96. The molecule has 12 heteroatoms.